The highest BCUT2D eigenvalue weighted by molar-refractivity contribution is 5.88. The van der Waals surface area contributed by atoms with E-state index in [0.29, 0.717) is 30.9 Å². The smallest absolute Gasteiger partial charge is 0.228 e. The van der Waals surface area contributed by atoms with E-state index in [-0.39, 0.29) is 12.6 Å². The van der Waals surface area contributed by atoms with E-state index in [2.05, 4.69) is 29.3 Å². The summed E-state index contributed by atoms with van der Waals surface area (Å²) >= 11 is 0. The van der Waals surface area contributed by atoms with Crippen LogP contribution in [0.15, 0.2) is 18.7 Å². The molecule has 0 saturated carbocycles. The van der Waals surface area contributed by atoms with E-state index in [0.717, 1.165) is 62.3 Å². The number of nitrogens with zero attached hydrogens (tertiary/aromatic N) is 8. The second kappa shape index (κ2) is 8.69. The Kier molecular flexibility index (Phi) is 5.62. The maximum atomic E-state index is 9.21. The molecule has 5 rings (SSSR count). The van der Waals surface area contributed by atoms with Crippen LogP contribution in [-0.4, -0.2) is 92.0 Å². The molecule has 11 heteroatoms. The van der Waals surface area contributed by atoms with Crippen LogP contribution in [0.4, 0.5) is 11.9 Å². The number of rotatable bonds is 5. The Morgan fingerprint density at radius 3 is 2.48 bits per heavy atom. The summed E-state index contributed by atoms with van der Waals surface area (Å²) in [6.45, 7) is 5.63. The van der Waals surface area contributed by atoms with Crippen LogP contribution in [-0.2, 0) is 4.74 Å². The van der Waals surface area contributed by atoms with Gasteiger partial charge in [-0.05, 0) is 12.8 Å². The van der Waals surface area contributed by atoms with Crippen LogP contribution in [0.5, 0.6) is 0 Å². The first-order valence-electron chi connectivity index (χ1n) is 10.7. The van der Waals surface area contributed by atoms with Crippen LogP contribution in [0.25, 0.3) is 22.4 Å². The molecule has 3 N–H and O–H groups in total. The third-order valence-corrected chi connectivity index (χ3v) is 6.02. The molecule has 2 aliphatic rings. The van der Waals surface area contributed by atoms with Gasteiger partial charge in [0.05, 0.1) is 26.1 Å². The molecule has 0 radical (unpaired) electrons. The van der Waals surface area contributed by atoms with Gasteiger partial charge in [-0.3, -0.25) is 0 Å². The first-order chi connectivity index (χ1) is 15.2. The fourth-order valence-electron chi connectivity index (χ4n) is 4.30. The molecule has 0 amide bonds. The average molecular weight is 425 g/mol. The number of fused-ring (bicyclic) bond motifs is 1. The number of aliphatic hydroxyl groups excluding tert-OH is 1. The molecule has 5 heterocycles. The summed E-state index contributed by atoms with van der Waals surface area (Å²) in [6, 6.07) is 0.308. The fraction of sp³-hybridized carbons (Fsp3) is 0.550. The number of ether oxygens (including phenoxy) is 1. The van der Waals surface area contributed by atoms with E-state index in [1.165, 1.54) is 0 Å². The van der Waals surface area contributed by atoms with E-state index in [1.54, 1.807) is 12.4 Å². The van der Waals surface area contributed by atoms with Crippen molar-refractivity contribution < 1.29 is 9.84 Å². The minimum atomic E-state index is 0.196. The number of anilines is 2. The quantitative estimate of drug-likeness (QED) is 0.589. The van der Waals surface area contributed by atoms with Crippen molar-refractivity contribution in [2.75, 3.05) is 63.2 Å². The SMILES string of the molecule is Nc1ncc(-c2nc(N3CCOCC3)nc3c2ncn3C2CCN(CCO)CC2)cn1. The molecule has 2 saturated heterocycles. The zero-order valence-corrected chi connectivity index (χ0v) is 17.4. The monoisotopic (exact) mass is 425 g/mol. The molecule has 0 unspecified atom stereocenters. The van der Waals surface area contributed by atoms with Crippen molar-refractivity contribution in [3.63, 3.8) is 0 Å². The minimum Gasteiger partial charge on any atom is -0.395 e. The number of piperidine rings is 1. The molecule has 0 aromatic carbocycles. The number of hydrogen-bond acceptors (Lipinski definition) is 10. The first-order valence-corrected chi connectivity index (χ1v) is 10.7. The normalized spacial score (nSPS) is 18.7. The summed E-state index contributed by atoms with van der Waals surface area (Å²) < 4.78 is 7.68. The zero-order chi connectivity index (χ0) is 21.2. The highest BCUT2D eigenvalue weighted by atomic mass is 16.5. The predicted molar refractivity (Wildman–Crippen MR) is 116 cm³/mol. The molecule has 0 bridgehead atoms. The number of morpholine rings is 1. The van der Waals surface area contributed by atoms with E-state index >= 15 is 0 Å². The van der Waals surface area contributed by atoms with Crippen LogP contribution in [0, 0.1) is 0 Å². The maximum absolute atomic E-state index is 9.21. The Hall–Kier alpha value is -2.89. The first kappa shape index (κ1) is 20.0. The Morgan fingerprint density at radius 1 is 1.03 bits per heavy atom. The molecule has 2 fully saturated rings. The summed E-state index contributed by atoms with van der Waals surface area (Å²) in [6.07, 6.45) is 7.21. The number of nitrogen functional groups attached to an aromatic ring is 1. The van der Waals surface area contributed by atoms with Crippen LogP contribution >= 0.6 is 0 Å². The van der Waals surface area contributed by atoms with Gasteiger partial charge in [-0.15, -0.1) is 0 Å². The van der Waals surface area contributed by atoms with Gasteiger partial charge in [0.25, 0.3) is 0 Å². The Labute approximate surface area is 179 Å². The van der Waals surface area contributed by atoms with Gasteiger partial charge < -0.3 is 29.9 Å². The van der Waals surface area contributed by atoms with E-state index in [1.807, 2.05) is 6.33 Å². The molecule has 0 atom stereocenters. The Morgan fingerprint density at radius 2 is 1.77 bits per heavy atom. The van der Waals surface area contributed by atoms with Crippen molar-refractivity contribution in [3.05, 3.63) is 18.7 Å². The predicted octanol–water partition coefficient (Wildman–Crippen LogP) is 0.331. The van der Waals surface area contributed by atoms with E-state index in [4.69, 9.17) is 20.4 Å². The third-order valence-electron chi connectivity index (χ3n) is 6.02. The van der Waals surface area contributed by atoms with E-state index in [9.17, 15) is 5.11 Å². The highest BCUT2D eigenvalue weighted by Crippen LogP contribution is 2.31. The van der Waals surface area contributed by atoms with Crippen molar-refractivity contribution in [2.45, 2.75) is 18.9 Å². The summed E-state index contributed by atoms with van der Waals surface area (Å²) in [5.41, 5.74) is 8.72. The number of aromatic nitrogens is 6. The molecule has 3 aromatic rings. The van der Waals surface area contributed by atoms with Gasteiger partial charge in [0, 0.05) is 56.7 Å². The lowest BCUT2D eigenvalue weighted by Crippen LogP contribution is -2.37. The number of likely N-dealkylation sites (tertiary alicyclic amines) is 1. The van der Waals surface area contributed by atoms with Crippen molar-refractivity contribution in [2.24, 2.45) is 0 Å². The number of nitrogens with two attached hydrogens (primary N) is 1. The molecule has 3 aromatic heterocycles. The zero-order valence-electron chi connectivity index (χ0n) is 17.4. The third kappa shape index (κ3) is 4.03. The number of hydrogen-bond donors (Lipinski definition) is 2. The Bertz CT molecular complexity index is 1030. The Balaban J connectivity index is 1.55. The van der Waals surface area contributed by atoms with Crippen LogP contribution in [0.1, 0.15) is 18.9 Å². The van der Waals surface area contributed by atoms with Gasteiger partial charge in [0.1, 0.15) is 11.2 Å². The highest BCUT2D eigenvalue weighted by Gasteiger charge is 2.25. The summed E-state index contributed by atoms with van der Waals surface area (Å²) in [7, 11) is 0. The lowest BCUT2D eigenvalue weighted by molar-refractivity contribution is 0.122. The van der Waals surface area contributed by atoms with Crippen LogP contribution < -0.4 is 10.6 Å². The van der Waals surface area contributed by atoms with Crippen LogP contribution in [0.2, 0.25) is 0 Å². The number of imidazole rings is 1. The average Bonchev–Trinajstić information content (AvgIpc) is 3.24. The van der Waals surface area contributed by atoms with Gasteiger partial charge in [0.15, 0.2) is 5.65 Å². The molecule has 2 aliphatic heterocycles. The second-order valence-corrected chi connectivity index (χ2v) is 7.92. The fourth-order valence-corrected chi connectivity index (χ4v) is 4.30. The lowest BCUT2D eigenvalue weighted by atomic mass is 10.0. The lowest BCUT2D eigenvalue weighted by Gasteiger charge is -2.32. The molecule has 0 aliphatic carbocycles. The summed E-state index contributed by atoms with van der Waals surface area (Å²) in [4.78, 5) is 27.2. The maximum Gasteiger partial charge on any atom is 0.228 e. The molecule has 0 spiro atoms. The summed E-state index contributed by atoms with van der Waals surface area (Å²) in [5.74, 6) is 0.893. The van der Waals surface area contributed by atoms with Gasteiger partial charge in [-0.1, -0.05) is 0 Å². The van der Waals surface area contributed by atoms with Crippen LogP contribution in [0.3, 0.4) is 0 Å². The van der Waals surface area contributed by atoms with Crippen molar-refractivity contribution >= 4 is 23.1 Å². The second-order valence-electron chi connectivity index (χ2n) is 7.92. The van der Waals surface area contributed by atoms with Gasteiger partial charge in [-0.25, -0.2) is 19.9 Å². The number of aliphatic hydroxyl groups is 1. The van der Waals surface area contributed by atoms with Crippen molar-refractivity contribution in [3.8, 4) is 11.3 Å². The summed E-state index contributed by atoms with van der Waals surface area (Å²) in [5, 5.41) is 9.21. The van der Waals surface area contributed by atoms with Gasteiger partial charge in [0.2, 0.25) is 11.9 Å². The molecular formula is C20H27N9O2. The van der Waals surface area contributed by atoms with E-state index < -0.39 is 0 Å². The molecule has 164 valence electrons. The molecule has 11 nitrogen and oxygen atoms in total. The molecular weight excluding hydrogens is 398 g/mol. The van der Waals surface area contributed by atoms with Crippen molar-refractivity contribution in [1.29, 1.82) is 0 Å². The number of β-amino-alcohol motifs (C(OH)–C–C–N with tert-alkyl or cyclic N) is 1. The minimum absolute atomic E-state index is 0.196. The topological polar surface area (TPSA) is 131 Å². The largest absolute Gasteiger partial charge is 0.395 e. The molecule has 31 heavy (non-hydrogen) atoms. The van der Waals surface area contributed by atoms with Crippen molar-refractivity contribution in [1.82, 2.24) is 34.4 Å². The standard InChI is InChI=1S/C20H27N9O2/c21-19-22-11-14(12-23-19)16-17-18(26-20(25-16)28-6-9-31-10-7-28)29(13-24-17)15-1-3-27(4-2-15)5-8-30/h11-13,15,30H,1-10H2,(H2,21,22,23). The van der Waals surface area contributed by atoms with Gasteiger partial charge in [-0.2, -0.15) is 4.98 Å². The van der Waals surface area contributed by atoms with Gasteiger partial charge >= 0.3 is 0 Å².